The Balaban J connectivity index is 1.74. The molecule has 1 amide bonds. The zero-order valence-corrected chi connectivity index (χ0v) is 10.8. The van der Waals surface area contributed by atoms with Crippen molar-refractivity contribution >= 4 is 15.7 Å². The Morgan fingerprint density at radius 1 is 1.35 bits per heavy atom. The van der Waals surface area contributed by atoms with E-state index in [2.05, 4.69) is 10.6 Å². The molecule has 2 aliphatic heterocycles. The first kappa shape index (κ1) is 12.8. The second kappa shape index (κ2) is 5.35. The van der Waals surface area contributed by atoms with Crippen LogP contribution in [-0.2, 0) is 14.6 Å². The van der Waals surface area contributed by atoms with Crippen molar-refractivity contribution in [1.82, 2.24) is 10.6 Å². The Labute approximate surface area is 102 Å². The lowest BCUT2D eigenvalue weighted by molar-refractivity contribution is -0.122. The van der Waals surface area contributed by atoms with Crippen LogP contribution in [0.25, 0.3) is 0 Å². The van der Waals surface area contributed by atoms with Crippen molar-refractivity contribution in [2.75, 3.05) is 24.6 Å². The van der Waals surface area contributed by atoms with Crippen LogP contribution in [0.1, 0.15) is 25.7 Å². The molecule has 2 atom stereocenters. The van der Waals surface area contributed by atoms with E-state index in [1.54, 1.807) is 0 Å². The van der Waals surface area contributed by atoms with Crippen LogP contribution in [-0.4, -0.2) is 45.0 Å². The molecule has 2 heterocycles. The molecule has 0 aromatic carbocycles. The van der Waals surface area contributed by atoms with E-state index in [0.29, 0.717) is 12.8 Å². The van der Waals surface area contributed by atoms with Crippen molar-refractivity contribution in [2.24, 2.45) is 5.92 Å². The average Bonchev–Trinajstić information content (AvgIpc) is 2.59. The van der Waals surface area contributed by atoms with Crippen LogP contribution in [0.4, 0.5) is 0 Å². The molecule has 0 aliphatic carbocycles. The predicted molar refractivity (Wildman–Crippen MR) is 65.4 cm³/mol. The van der Waals surface area contributed by atoms with Gasteiger partial charge in [0.1, 0.15) is 0 Å². The average molecular weight is 260 g/mol. The van der Waals surface area contributed by atoms with Crippen LogP contribution in [0.3, 0.4) is 0 Å². The van der Waals surface area contributed by atoms with Gasteiger partial charge in [-0.1, -0.05) is 0 Å². The molecule has 98 valence electrons. The van der Waals surface area contributed by atoms with E-state index in [4.69, 9.17) is 0 Å². The second-order valence-electron chi connectivity index (χ2n) is 5.08. The summed E-state index contributed by atoms with van der Waals surface area (Å²) in [4.78, 5) is 11.7. The van der Waals surface area contributed by atoms with E-state index in [9.17, 15) is 13.2 Å². The summed E-state index contributed by atoms with van der Waals surface area (Å²) in [7, 11) is -2.87. The second-order valence-corrected chi connectivity index (χ2v) is 7.31. The molecule has 0 aromatic rings. The van der Waals surface area contributed by atoms with Crippen LogP contribution in [0.15, 0.2) is 0 Å². The minimum absolute atomic E-state index is 0.000741. The molecule has 6 heteroatoms. The number of amides is 1. The highest BCUT2D eigenvalue weighted by Gasteiger charge is 2.29. The van der Waals surface area contributed by atoms with Crippen LogP contribution in [0.2, 0.25) is 0 Å². The summed E-state index contributed by atoms with van der Waals surface area (Å²) in [5.74, 6) is 0.455. The molecule has 0 bridgehead atoms. The highest BCUT2D eigenvalue weighted by Crippen LogP contribution is 2.21. The maximum atomic E-state index is 11.7. The van der Waals surface area contributed by atoms with Gasteiger partial charge in [0.25, 0.3) is 0 Å². The lowest BCUT2D eigenvalue weighted by atomic mass is 10.0. The van der Waals surface area contributed by atoms with E-state index in [-0.39, 0.29) is 29.4 Å². The minimum Gasteiger partial charge on any atom is -0.352 e. The summed E-state index contributed by atoms with van der Waals surface area (Å²) < 4.78 is 22.5. The smallest absolute Gasteiger partial charge is 0.220 e. The van der Waals surface area contributed by atoms with Gasteiger partial charge in [-0.05, 0) is 31.7 Å². The summed E-state index contributed by atoms with van der Waals surface area (Å²) in [5, 5.41) is 6.21. The van der Waals surface area contributed by atoms with E-state index in [0.717, 1.165) is 25.9 Å². The van der Waals surface area contributed by atoms with Crippen LogP contribution in [0, 0.1) is 5.92 Å². The van der Waals surface area contributed by atoms with E-state index >= 15 is 0 Å². The van der Waals surface area contributed by atoms with Gasteiger partial charge in [0.15, 0.2) is 9.84 Å². The fourth-order valence-corrected chi connectivity index (χ4v) is 4.42. The molecule has 2 N–H and O–H groups in total. The number of sulfone groups is 1. The largest absolute Gasteiger partial charge is 0.352 e. The minimum atomic E-state index is -2.87. The SMILES string of the molecule is O=C(CC1CCS(=O)(=O)C1)N[C@@H]1CCCNC1. The molecule has 0 radical (unpaired) electrons. The Kier molecular flexibility index (Phi) is 4.04. The van der Waals surface area contributed by atoms with Crippen molar-refractivity contribution in [2.45, 2.75) is 31.7 Å². The Morgan fingerprint density at radius 2 is 2.18 bits per heavy atom. The van der Waals surface area contributed by atoms with Crippen molar-refractivity contribution in [3.63, 3.8) is 0 Å². The number of carbonyl (C=O) groups is 1. The summed E-state index contributed by atoms with van der Waals surface area (Å²) >= 11 is 0. The van der Waals surface area contributed by atoms with E-state index in [1.807, 2.05) is 0 Å². The highest BCUT2D eigenvalue weighted by atomic mass is 32.2. The predicted octanol–water partition coefficient (Wildman–Crippen LogP) is -0.321. The zero-order valence-electron chi connectivity index (χ0n) is 9.94. The topological polar surface area (TPSA) is 75.3 Å². The summed E-state index contributed by atoms with van der Waals surface area (Å²) in [6.45, 7) is 1.85. The first-order valence-corrected chi connectivity index (χ1v) is 8.08. The molecule has 2 rings (SSSR count). The van der Waals surface area contributed by atoms with Gasteiger partial charge in [-0.15, -0.1) is 0 Å². The Morgan fingerprint density at radius 3 is 2.76 bits per heavy atom. The summed E-state index contributed by atoms with van der Waals surface area (Å²) in [5.41, 5.74) is 0. The molecule has 1 unspecified atom stereocenters. The molecule has 2 aliphatic rings. The van der Waals surface area contributed by atoms with Crippen LogP contribution < -0.4 is 10.6 Å². The fourth-order valence-electron chi connectivity index (χ4n) is 2.56. The molecule has 17 heavy (non-hydrogen) atoms. The monoisotopic (exact) mass is 260 g/mol. The van der Waals surface area contributed by atoms with Gasteiger partial charge in [-0.2, -0.15) is 0 Å². The lowest BCUT2D eigenvalue weighted by Crippen LogP contribution is -2.46. The van der Waals surface area contributed by atoms with E-state index in [1.165, 1.54) is 0 Å². The van der Waals surface area contributed by atoms with E-state index < -0.39 is 9.84 Å². The quantitative estimate of drug-likeness (QED) is 0.729. The molecule has 0 spiro atoms. The van der Waals surface area contributed by atoms with Gasteiger partial charge in [-0.3, -0.25) is 4.79 Å². The van der Waals surface area contributed by atoms with Crippen molar-refractivity contribution in [1.29, 1.82) is 0 Å². The third kappa shape index (κ3) is 3.96. The maximum absolute atomic E-state index is 11.7. The fraction of sp³-hybridized carbons (Fsp3) is 0.909. The molecular formula is C11H20N2O3S. The van der Waals surface area contributed by atoms with Gasteiger partial charge >= 0.3 is 0 Å². The number of hydrogen-bond donors (Lipinski definition) is 2. The normalized spacial score (nSPS) is 32.2. The third-order valence-electron chi connectivity index (χ3n) is 3.46. The summed E-state index contributed by atoms with van der Waals surface area (Å²) in [6.07, 6.45) is 3.10. The first-order valence-electron chi connectivity index (χ1n) is 6.26. The maximum Gasteiger partial charge on any atom is 0.220 e. The molecule has 2 fully saturated rings. The van der Waals surface area contributed by atoms with Crippen LogP contribution in [0.5, 0.6) is 0 Å². The van der Waals surface area contributed by atoms with Gasteiger partial charge in [-0.25, -0.2) is 8.42 Å². The molecule has 0 aromatic heterocycles. The third-order valence-corrected chi connectivity index (χ3v) is 5.30. The van der Waals surface area contributed by atoms with Crippen molar-refractivity contribution in [3.05, 3.63) is 0 Å². The van der Waals surface area contributed by atoms with Gasteiger partial charge in [0.2, 0.25) is 5.91 Å². The summed E-state index contributed by atoms with van der Waals surface area (Å²) in [6, 6.07) is 0.217. The number of nitrogens with one attached hydrogen (secondary N) is 2. The first-order chi connectivity index (χ1) is 8.05. The molecule has 2 saturated heterocycles. The zero-order chi connectivity index (χ0) is 12.3. The number of piperidine rings is 1. The lowest BCUT2D eigenvalue weighted by Gasteiger charge is -2.24. The van der Waals surface area contributed by atoms with Gasteiger partial charge in [0, 0.05) is 19.0 Å². The number of rotatable bonds is 3. The Hall–Kier alpha value is -0.620. The van der Waals surface area contributed by atoms with Crippen molar-refractivity contribution < 1.29 is 13.2 Å². The molecule has 0 saturated carbocycles. The molecular weight excluding hydrogens is 240 g/mol. The standard InChI is InChI=1S/C11H20N2O3S/c14-11(13-10-2-1-4-12-7-10)6-9-3-5-17(15,16)8-9/h9-10,12H,1-8H2,(H,13,14)/t9?,10-/m1/s1. The molecule has 5 nitrogen and oxygen atoms in total. The highest BCUT2D eigenvalue weighted by molar-refractivity contribution is 7.91. The number of carbonyl (C=O) groups excluding carboxylic acids is 1. The Bertz CT molecular complexity index is 374. The van der Waals surface area contributed by atoms with Gasteiger partial charge < -0.3 is 10.6 Å². The van der Waals surface area contributed by atoms with Crippen molar-refractivity contribution in [3.8, 4) is 0 Å². The van der Waals surface area contributed by atoms with Crippen LogP contribution >= 0.6 is 0 Å². The number of hydrogen-bond acceptors (Lipinski definition) is 4. The van der Waals surface area contributed by atoms with Gasteiger partial charge in [0.05, 0.1) is 11.5 Å².